The SMILES string of the molecule is CCC(CO)(CO)NC(=O)c1cn(CCN)nn1. The predicted octanol–water partition coefficient (Wildman–Crippen LogP) is -1.90. The highest BCUT2D eigenvalue weighted by Crippen LogP contribution is 2.09. The minimum absolute atomic E-state index is 0.128. The van der Waals surface area contributed by atoms with E-state index >= 15 is 0 Å². The second kappa shape index (κ2) is 6.43. The lowest BCUT2D eigenvalue weighted by molar-refractivity contribution is 0.0649. The lowest BCUT2D eigenvalue weighted by Crippen LogP contribution is -2.53. The normalized spacial score (nSPS) is 11.6. The monoisotopic (exact) mass is 257 g/mol. The average molecular weight is 257 g/mol. The number of carbonyl (C=O) groups excluding carboxylic acids is 1. The van der Waals surface area contributed by atoms with Gasteiger partial charge in [-0.1, -0.05) is 12.1 Å². The molecule has 18 heavy (non-hydrogen) atoms. The van der Waals surface area contributed by atoms with Crippen LogP contribution in [0.25, 0.3) is 0 Å². The van der Waals surface area contributed by atoms with Gasteiger partial charge in [-0.25, -0.2) is 0 Å². The first kappa shape index (κ1) is 14.6. The molecule has 1 heterocycles. The van der Waals surface area contributed by atoms with Crippen LogP contribution in [0.3, 0.4) is 0 Å². The van der Waals surface area contributed by atoms with Crippen molar-refractivity contribution < 1.29 is 15.0 Å². The largest absolute Gasteiger partial charge is 0.394 e. The van der Waals surface area contributed by atoms with Crippen LogP contribution in [0.15, 0.2) is 6.20 Å². The van der Waals surface area contributed by atoms with Crippen molar-refractivity contribution in [3.63, 3.8) is 0 Å². The zero-order valence-corrected chi connectivity index (χ0v) is 10.3. The van der Waals surface area contributed by atoms with Gasteiger partial charge in [0.15, 0.2) is 5.69 Å². The quantitative estimate of drug-likeness (QED) is 0.452. The fourth-order valence-corrected chi connectivity index (χ4v) is 1.39. The van der Waals surface area contributed by atoms with Gasteiger partial charge < -0.3 is 21.3 Å². The van der Waals surface area contributed by atoms with Crippen LogP contribution in [0, 0.1) is 0 Å². The van der Waals surface area contributed by atoms with Gasteiger partial charge in [0.05, 0.1) is 31.5 Å². The molecule has 5 N–H and O–H groups in total. The molecule has 0 spiro atoms. The smallest absolute Gasteiger partial charge is 0.274 e. The van der Waals surface area contributed by atoms with Crippen LogP contribution in [0.2, 0.25) is 0 Å². The summed E-state index contributed by atoms with van der Waals surface area (Å²) in [6, 6.07) is 0. The summed E-state index contributed by atoms with van der Waals surface area (Å²) < 4.78 is 1.46. The number of amides is 1. The number of carbonyl (C=O) groups is 1. The molecule has 8 heteroatoms. The van der Waals surface area contributed by atoms with Gasteiger partial charge in [0, 0.05) is 6.54 Å². The van der Waals surface area contributed by atoms with Gasteiger partial charge in [-0.2, -0.15) is 0 Å². The molecule has 0 aliphatic heterocycles. The van der Waals surface area contributed by atoms with Gasteiger partial charge in [0.25, 0.3) is 5.91 Å². The Hall–Kier alpha value is -1.51. The van der Waals surface area contributed by atoms with E-state index < -0.39 is 11.4 Å². The van der Waals surface area contributed by atoms with Crippen LogP contribution in [-0.4, -0.2) is 56.4 Å². The Bertz CT molecular complexity index is 380. The van der Waals surface area contributed by atoms with Crippen molar-refractivity contribution in [2.75, 3.05) is 19.8 Å². The Kier molecular flexibility index (Phi) is 5.20. The number of rotatable bonds is 7. The predicted molar refractivity (Wildman–Crippen MR) is 63.7 cm³/mol. The summed E-state index contributed by atoms with van der Waals surface area (Å²) in [5.74, 6) is -0.483. The Morgan fingerprint density at radius 1 is 1.56 bits per heavy atom. The maximum atomic E-state index is 11.9. The number of aliphatic hydroxyl groups excluding tert-OH is 2. The van der Waals surface area contributed by atoms with Crippen molar-refractivity contribution in [2.24, 2.45) is 5.73 Å². The Morgan fingerprint density at radius 2 is 2.22 bits per heavy atom. The second-order valence-corrected chi connectivity index (χ2v) is 4.06. The van der Waals surface area contributed by atoms with E-state index in [-0.39, 0.29) is 18.9 Å². The molecular formula is C10H19N5O3. The minimum Gasteiger partial charge on any atom is -0.394 e. The second-order valence-electron chi connectivity index (χ2n) is 4.06. The van der Waals surface area contributed by atoms with Crippen LogP contribution in [0.5, 0.6) is 0 Å². The third-order valence-corrected chi connectivity index (χ3v) is 2.79. The fraction of sp³-hybridized carbons (Fsp3) is 0.700. The molecule has 1 aromatic heterocycles. The topological polar surface area (TPSA) is 126 Å². The van der Waals surface area contributed by atoms with Crippen LogP contribution < -0.4 is 11.1 Å². The standard InChI is InChI=1S/C10H19N5O3/c1-2-10(6-16,7-17)12-9(18)8-5-15(4-3-11)14-13-8/h5,16-17H,2-4,6-7,11H2,1H3,(H,12,18). The van der Waals surface area contributed by atoms with E-state index in [0.717, 1.165) is 0 Å². The summed E-state index contributed by atoms with van der Waals surface area (Å²) in [4.78, 5) is 11.9. The first-order valence-electron chi connectivity index (χ1n) is 5.75. The minimum atomic E-state index is -1.03. The van der Waals surface area contributed by atoms with Crippen molar-refractivity contribution in [2.45, 2.75) is 25.4 Å². The summed E-state index contributed by atoms with van der Waals surface area (Å²) in [5.41, 5.74) is 4.45. The fourth-order valence-electron chi connectivity index (χ4n) is 1.39. The summed E-state index contributed by atoms with van der Waals surface area (Å²) in [5, 5.41) is 28.5. The lowest BCUT2D eigenvalue weighted by Gasteiger charge is -2.29. The maximum Gasteiger partial charge on any atom is 0.274 e. The van der Waals surface area contributed by atoms with Gasteiger partial charge in [-0.15, -0.1) is 5.10 Å². The summed E-state index contributed by atoms with van der Waals surface area (Å²) in [7, 11) is 0. The van der Waals surface area contributed by atoms with Gasteiger partial charge in [-0.3, -0.25) is 9.48 Å². The Morgan fingerprint density at radius 3 is 2.72 bits per heavy atom. The highest BCUT2D eigenvalue weighted by Gasteiger charge is 2.29. The molecule has 8 nitrogen and oxygen atoms in total. The number of nitrogens with zero attached hydrogens (tertiary/aromatic N) is 3. The molecule has 0 radical (unpaired) electrons. The molecule has 1 rings (SSSR count). The van der Waals surface area contributed by atoms with E-state index in [1.165, 1.54) is 10.9 Å². The number of aromatic nitrogens is 3. The van der Waals surface area contributed by atoms with Crippen molar-refractivity contribution in [3.05, 3.63) is 11.9 Å². The molecule has 0 saturated heterocycles. The highest BCUT2D eigenvalue weighted by molar-refractivity contribution is 5.92. The van der Waals surface area contributed by atoms with Crippen molar-refractivity contribution in [3.8, 4) is 0 Å². The molecule has 0 fully saturated rings. The number of aliphatic hydroxyl groups is 2. The van der Waals surface area contributed by atoms with Crippen molar-refractivity contribution >= 4 is 5.91 Å². The molecule has 0 aromatic carbocycles. The number of nitrogens with one attached hydrogen (secondary N) is 1. The van der Waals surface area contributed by atoms with Gasteiger partial charge in [-0.05, 0) is 6.42 Å². The van der Waals surface area contributed by atoms with E-state index in [1.54, 1.807) is 6.92 Å². The molecule has 0 atom stereocenters. The third-order valence-electron chi connectivity index (χ3n) is 2.79. The van der Waals surface area contributed by atoms with E-state index in [2.05, 4.69) is 15.6 Å². The Balaban J connectivity index is 2.74. The van der Waals surface area contributed by atoms with Crippen LogP contribution in [-0.2, 0) is 6.54 Å². The van der Waals surface area contributed by atoms with Crippen LogP contribution >= 0.6 is 0 Å². The van der Waals surface area contributed by atoms with Gasteiger partial charge in [0.2, 0.25) is 0 Å². The number of hydrogen-bond acceptors (Lipinski definition) is 6. The summed E-state index contributed by atoms with van der Waals surface area (Å²) in [6.45, 7) is 1.94. The first-order valence-corrected chi connectivity index (χ1v) is 5.75. The molecule has 0 saturated carbocycles. The average Bonchev–Trinajstić information content (AvgIpc) is 2.85. The molecule has 0 aliphatic rings. The number of nitrogens with two attached hydrogens (primary N) is 1. The van der Waals surface area contributed by atoms with Gasteiger partial charge in [0.1, 0.15) is 0 Å². The molecular weight excluding hydrogens is 238 g/mol. The van der Waals surface area contributed by atoms with Crippen molar-refractivity contribution in [1.82, 2.24) is 20.3 Å². The van der Waals surface area contributed by atoms with E-state index in [0.29, 0.717) is 19.5 Å². The highest BCUT2D eigenvalue weighted by atomic mass is 16.3. The number of hydrogen-bond donors (Lipinski definition) is 4. The molecule has 1 aromatic rings. The zero-order valence-electron chi connectivity index (χ0n) is 10.3. The lowest BCUT2D eigenvalue weighted by atomic mass is 9.98. The van der Waals surface area contributed by atoms with Gasteiger partial charge >= 0.3 is 0 Å². The van der Waals surface area contributed by atoms with E-state index in [9.17, 15) is 15.0 Å². The molecule has 0 unspecified atom stereocenters. The van der Waals surface area contributed by atoms with Crippen LogP contribution in [0.1, 0.15) is 23.8 Å². The van der Waals surface area contributed by atoms with Crippen molar-refractivity contribution in [1.29, 1.82) is 0 Å². The molecule has 0 aliphatic carbocycles. The molecule has 1 amide bonds. The summed E-state index contributed by atoms with van der Waals surface area (Å²) >= 11 is 0. The maximum absolute atomic E-state index is 11.9. The third kappa shape index (κ3) is 3.25. The van der Waals surface area contributed by atoms with E-state index in [4.69, 9.17) is 5.73 Å². The zero-order chi connectivity index (χ0) is 13.6. The molecule has 102 valence electrons. The van der Waals surface area contributed by atoms with E-state index in [1.807, 2.05) is 0 Å². The Labute approximate surface area is 105 Å². The first-order chi connectivity index (χ1) is 8.60. The van der Waals surface area contributed by atoms with Crippen LogP contribution in [0.4, 0.5) is 0 Å². The molecule has 0 bridgehead atoms. The summed E-state index contributed by atoms with van der Waals surface area (Å²) in [6.07, 6.45) is 1.88.